The minimum atomic E-state index is 0.127. The molecular weight excluding hydrogens is 238 g/mol. The highest BCUT2D eigenvalue weighted by Crippen LogP contribution is 2.24. The Balaban J connectivity index is 1.93. The number of rotatable bonds is 1. The van der Waals surface area contributed by atoms with E-state index in [1.165, 1.54) is 6.42 Å². The van der Waals surface area contributed by atoms with Crippen molar-refractivity contribution in [3.05, 3.63) is 30.0 Å². The van der Waals surface area contributed by atoms with Crippen LogP contribution in [0, 0.1) is 5.92 Å². The highest BCUT2D eigenvalue weighted by Gasteiger charge is 2.23. The van der Waals surface area contributed by atoms with E-state index in [1.807, 2.05) is 23.1 Å². The van der Waals surface area contributed by atoms with Crippen LogP contribution in [0.5, 0.6) is 0 Å². The third-order valence-electron chi connectivity index (χ3n) is 3.88. The van der Waals surface area contributed by atoms with Gasteiger partial charge in [-0.05, 0) is 37.0 Å². The maximum atomic E-state index is 12.6. The number of fused-ring (bicyclic) bond motifs is 1. The van der Waals surface area contributed by atoms with Crippen LogP contribution in [0.25, 0.3) is 10.9 Å². The molecule has 0 aliphatic carbocycles. The van der Waals surface area contributed by atoms with Crippen molar-refractivity contribution in [3.63, 3.8) is 0 Å². The first-order valence-corrected chi connectivity index (χ1v) is 6.81. The average molecular weight is 257 g/mol. The Bertz CT molecular complexity index is 617. The van der Waals surface area contributed by atoms with E-state index in [-0.39, 0.29) is 5.91 Å². The molecule has 100 valence electrons. The molecule has 1 saturated heterocycles. The zero-order chi connectivity index (χ0) is 13.4. The van der Waals surface area contributed by atoms with Gasteiger partial charge in [0.1, 0.15) is 0 Å². The van der Waals surface area contributed by atoms with Crippen LogP contribution in [0.3, 0.4) is 0 Å². The van der Waals surface area contributed by atoms with Gasteiger partial charge in [0, 0.05) is 35.9 Å². The number of piperidine rings is 1. The summed E-state index contributed by atoms with van der Waals surface area (Å²) < 4.78 is 0. The molecule has 1 aliphatic rings. The van der Waals surface area contributed by atoms with E-state index < -0.39 is 0 Å². The zero-order valence-corrected chi connectivity index (χ0v) is 11.1. The van der Waals surface area contributed by atoms with Gasteiger partial charge >= 0.3 is 0 Å². The van der Waals surface area contributed by atoms with Crippen molar-refractivity contribution in [1.82, 2.24) is 9.88 Å². The van der Waals surface area contributed by atoms with Crippen molar-refractivity contribution in [2.45, 2.75) is 19.8 Å². The van der Waals surface area contributed by atoms with Crippen LogP contribution in [0.1, 0.15) is 30.1 Å². The summed E-state index contributed by atoms with van der Waals surface area (Å²) in [6.45, 7) is 3.93. The van der Waals surface area contributed by atoms with E-state index in [0.29, 0.717) is 11.6 Å². The summed E-state index contributed by atoms with van der Waals surface area (Å²) in [7, 11) is 0. The highest BCUT2D eigenvalue weighted by molar-refractivity contribution is 6.07. The number of aromatic amines is 1. The number of amides is 1. The fraction of sp³-hybridized carbons (Fsp3) is 0.400. The number of nitrogens with two attached hydrogens (primary N) is 1. The number of likely N-dealkylation sites (tertiary alicyclic amines) is 1. The summed E-state index contributed by atoms with van der Waals surface area (Å²) in [6.07, 6.45) is 4.11. The molecule has 1 aliphatic heterocycles. The molecule has 2 heterocycles. The van der Waals surface area contributed by atoms with E-state index >= 15 is 0 Å². The predicted molar refractivity (Wildman–Crippen MR) is 77.0 cm³/mol. The number of hydrogen-bond acceptors (Lipinski definition) is 2. The van der Waals surface area contributed by atoms with Gasteiger partial charge < -0.3 is 15.6 Å². The predicted octanol–water partition coefficient (Wildman–Crippen LogP) is 2.62. The summed E-state index contributed by atoms with van der Waals surface area (Å²) in [4.78, 5) is 17.7. The molecule has 2 aromatic rings. The number of hydrogen-bond donors (Lipinski definition) is 2. The van der Waals surface area contributed by atoms with Gasteiger partial charge in [-0.2, -0.15) is 0 Å². The molecule has 0 spiro atoms. The summed E-state index contributed by atoms with van der Waals surface area (Å²) in [6, 6.07) is 5.62. The second-order valence-corrected chi connectivity index (χ2v) is 5.51. The SMILES string of the molecule is CC1CCCN(C(=O)c2c[nH]c3cc(N)ccc23)C1. The third-order valence-corrected chi connectivity index (χ3v) is 3.88. The second-order valence-electron chi connectivity index (χ2n) is 5.51. The summed E-state index contributed by atoms with van der Waals surface area (Å²) in [5, 5.41) is 0.956. The Labute approximate surface area is 112 Å². The van der Waals surface area contributed by atoms with E-state index in [1.54, 1.807) is 6.20 Å². The lowest BCUT2D eigenvalue weighted by atomic mass is 9.99. The Morgan fingerprint density at radius 3 is 3.11 bits per heavy atom. The third kappa shape index (κ3) is 2.18. The lowest BCUT2D eigenvalue weighted by molar-refractivity contribution is 0.0685. The maximum Gasteiger partial charge on any atom is 0.256 e. The van der Waals surface area contributed by atoms with Crippen molar-refractivity contribution in [2.75, 3.05) is 18.8 Å². The molecule has 0 bridgehead atoms. The largest absolute Gasteiger partial charge is 0.399 e. The van der Waals surface area contributed by atoms with Crippen molar-refractivity contribution < 1.29 is 4.79 Å². The van der Waals surface area contributed by atoms with Gasteiger partial charge in [-0.15, -0.1) is 0 Å². The Kier molecular flexibility index (Phi) is 2.93. The van der Waals surface area contributed by atoms with E-state index in [0.717, 1.165) is 36.0 Å². The number of benzene rings is 1. The molecule has 1 aromatic carbocycles. The van der Waals surface area contributed by atoms with E-state index in [9.17, 15) is 4.79 Å². The maximum absolute atomic E-state index is 12.6. The van der Waals surface area contributed by atoms with Gasteiger partial charge in [-0.3, -0.25) is 4.79 Å². The van der Waals surface area contributed by atoms with Crippen LogP contribution in [0.2, 0.25) is 0 Å². The summed E-state index contributed by atoms with van der Waals surface area (Å²) in [5.41, 5.74) is 8.14. The van der Waals surface area contributed by atoms with Crippen LogP contribution in [0.15, 0.2) is 24.4 Å². The number of nitrogen functional groups attached to an aromatic ring is 1. The lowest BCUT2D eigenvalue weighted by Crippen LogP contribution is -2.39. The van der Waals surface area contributed by atoms with Gasteiger partial charge in [0.25, 0.3) is 5.91 Å². The average Bonchev–Trinajstić information content (AvgIpc) is 2.80. The summed E-state index contributed by atoms with van der Waals surface area (Å²) in [5.74, 6) is 0.723. The van der Waals surface area contributed by atoms with Gasteiger partial charge in [-0.25, -0.2) is 0 Å². The van der Waals surface area contributed by atoms with Crippen molar-refractivity contribution in [2.24, 2.45) is 5.92 Å². The lowest BCUT2D eigenvalue weighted by Gasteiger charge is -2.30. The minimum Gasteiger partial charge on any atom is -0.399 e. The van der Waals surface area contributed by atoms with Crippen LogP contribution >= 0.6 is 0 Å². The van der Waals surface area contributed by atoms with Crippen LogP contribution in [0.4, 0.5) is 5.69 Å². The standard InChI is InChI=1S/C15H19N3O/c1-10-3-2-6-18(9-10)15(19)13-8-17-14-7-11(16)4-5-12(13)14/h4-5,7-8,10,17H,2-3,6,9,16H2,1H3. The fourth-order valence-electron chi connectivity index (χ4n) is 2.86. The van der Waals surface area contributed by atoms with Gasteiger partial charge in [0.15, 0.2) is 0 Å². The molecule has 1 unspecified atom stereocenters. The van der Waals surface area contributed by atoms with Gasteiger partial charge in [0.2, 0.25) is 0 Å². The number of nitrogens with zero attached hydrogens (tertiary/aromatic N) is 1. The van der Waals surface area contributed by atoms with E-state index in [2.05, 4.69) is 11.9 Å². The molecule has 1 aromatic heterocycles. The number of aromatic nitrogens is 1. The molecule has 4 nitrogen and oxygen atoms in total. The van der Waals surface area contributed by atoms with Crippen LogP contribution < -0.4 is 5.73 Å². The normalized spacial score (nSPS) is 19.8. The van der Waals surface area contributed by atoms with E-state index in [4.69, 9.17) is 5.73 Å². The molecule has 1 amide bonds. The molecule has 0 saturated carbocycles. The number of carbonyl (C=O) groups excluding carboxylic acids is 1. The quantitative estimate of drug-likeness (QED) is 0.771. The number of anilines is 1. The van der Waals surface area contributed by atoms with Crippen molar-refractivity contribution >= 4 is 22.5 Å². The molecule has 4 heteroatoms. The number of carbonyl (C=O) groups is 1. The van der Waals surface area contributed by atoms with Crippen LogP contribution in [-0.4, -0.2) is 28.9 Å². The monoisotopic (exact) mass is 257 g/mol. The van der Waals surface area contributed by atoms with Crippen LogP contribution in [-0.2, 0) is 0 Å². The molecule has 3 rings (SSSR count). The molecular formula is C15H19N3O. The van der Waals surface area contributed by atoms with Gasteiger partial charge in [0.05, 0.1) is 5.56 Å². The Morgan fingerprint density at radius 2 is 2.32 bits per heavy atom. The minimum absolute atomic E-state index is 0.127. The molecule has 3 N–H and O–H groups in total. The second kappa shape index (κ2) is 4.61. The Hall–Kier alpha value is -1.97. The highest BCUT2D eigenvalue weighted by atomic mass is 16.2. The Morgan fingerprint density at radius 1 is 1.47 bits per heavy atom. The van der Waals surface area contributed by atoms with Crippen molar-refractivity contribution in [1.29, 1.82) is 0 Å². The molecule has 19 heavy (non-hydrogen) atoms. The first-order chi connectivity index (χ1) is 9.15. The topological polar surface area (TPSA) is 62.1 Å². The zero-order valence-electron chi connectivity index (χ0n) is 11.1. The molecule has 0 radical (unpaired) electrons. The summed E-state index contributed by atoms with van der Waals surface area (Å²) >= 11 is 0. The first kappa shape index (κ1) is 12.1. The smallest absolute Gasteiger partial charge is 0.256 e. The molecule has 1 atom stereocenters. The first-order valence-electron chi connectivity index (χ1n) is 6.81. The number of H-pyrrole nitrogens is 1. The molecule has 1 fully saturated rings. The fourth-order valence-corrected chi connectivity index (χ4v) is 2.86. The van der Waals surface area contributed by atoms with Gasteiger partial charge in [-0.1, -0.05) is 6.92 Å². The number of nitrogens with one attached hydrogen (secondary N) is 1. The van der Waals surface area contributed by atoms with Crippen molar-refractivity contribution in [3.8, 4) is 0 Å².